The fraction of sp³-hybridized carbons (Fsp3) is 0.520. The van der Waals surface area contributed by atoms with Crippen molar-refractivity contribution in [2.45, 2.75) is 44.1 Å². The van der Waals surface area contributed by atoms with Gasteiger partial charge in [-0.3, -0.25) is 4.79 Å². The summed E-state index contributed by atoms with van der Waals surface area (Å²) in [5.41, 5.74) is 1.96. The average Bonchev–Trinajstić information content (AvgIpc) is 2.80. The van der Waals surface area contributed by atoms with E-state index in [9.17, 15) is 4.79 Å². The van der Waals surface area contributed by atoms with Crippen molar-refractivity contribution in [3.8, 4) is 0 Å². The van der Waals surface area contributed by atoms with Crippen LogP contribution >= 0.6 is 0 Å². The minimum atomic E-state index is -0.131. The summed E-state index contributed by atoms with van der Waals surface area (Å²) in [5, 5.41) is 3.46. The molecule has 6 nitrogen and oxygen atoms in total. The van der Waals surface area contributed by atoms with Crippen molar-refractivity contribution in [1.29, 1.82) is 0 Å². The van der Waals surface area contributed by atoms with Crippen LogP contribution in [-0.2, 0) is 14.9 Å². The standard InChI is InChI=1S/C25H33N3O3/c1-24(2)19-25(11-15-31-24,21-6-4-3-5-7-21)10-12-26-22-9-8-20(18-27-22)23(29)28-13-16-30-17-14-28/h3-9,18H,10-17,19H2,1-2H3,(H,26,27). The van der Waals surface area contributed by atoms with E-state index in [1.165, 1.54) is 5.56 Å². The zero-order chi connectivity index (χ0) is 21.7. The largest absolute Gasteiger partial charge is 0.378 e. The van der Waals surface area contributed by atoms with Gasteiger partial charge in [0.1, 0.15) is 5.82 Å². The molecule has 0 spiro atoms. The van der Waals surface area contributed by atoms with Gasteiger partial charge < -0.3 is 19.7 Å². The van der Waals surface area contributed by atoms with Crippen molar-refractivity contribution in [2.75, 3.05) is 44.8 Å². The first-order valence-corrected chi connectivity index (χ1v) is 11.2. The number of carbonyl (C=O) groups is 1. The molecule has 0 radical (unpaired) electrons. The van der Waals surface area contributed by atoms with E-state index in [0.717, 1.165) is 38.2 Å². The molecule has 1 N–H and O–H groups in total. The molecule has 6 heteroatoms. The molecule has 4 rings (SSSR count). The first-order valence-electron chi connectivity index (χ1n) is 11.2. The number of hydrogen-bond acceptors (Lipinski definition) is 5. The molecule has 1 aromatic carbocycles. The molecular weight excluding hydrogens is 390 g/mol. The maximum absolute atomic E-state index is 12.6. The van der Waals surface area contributed by atoms with Crippen LogP contribution in [0, 0.1) is 0 Å². The van der Waals surface area contributed by atoms with E-state index >= 15 is 0 Å². The Bertz CT molecular complexity index is 863. The molecule has 2 fully saturated rings. The first kappa shape index (κ1) is 21.8. The van der Waals surface area contributed by atoms with Crippen molar-refractivity contribution in [1.82, 2.24) is 9.88 Å². The summed E-state index contributed by atoms with van der Waals surface area (Å²) < 4.78 is 11.3. The molecule has 1 unspecified atom stereocenters. The van der Waals surface area contributed by atoms with Crippen LogP contribution in [0.4, 0.5) is 5.82 Å². The Morgan fingerprint density at radius 1 is 1.10 bits per heavy atom. The number of ether oxygens (including phenoxy) is 2. The fourth-order valence-electron chi connectivity index (χ4n) is 4.88. The van der Waals surface area contributed by atoms with E-state index in [1.807, 2.05) is 17.0 Å². The van der Waals surface area contributed by atoms with Crippen molar-refractivity contribution < 1.29 is 14.3 Å². The summed E-state index contributed by atoms with van der Waals surface area (Å²) in [5.74, 6) is 0.822. The summed E-state index contributed by atoms with van der Waals surface area (Å²) in [6.45, 7) is 8.44. The number of carbonyl (C=O) groups excluding carboxylic acids is 1. The highest BCUT2D eigenvalue weighted by Crippen LogP contribution is 2.43. The van der Waals surface area contributed by atoms with E-state index < -0.39 is 0 Å². The Morgan fingerprint density at radius 3 is 2.55 bits per heavy atom. The number of nitrogens with one attached hydrogen (secondary N) is 1. The minimum absolute atomic E-state index is 0.0230. The molecule has 166 valence electrons. The number of amides is 1. The summed E-state index contributed by atoms with van der Waals surface area (Å²) >= 11 is 0. The quantitative estimate of drug-likeness (QED) is 0.764. The van der Waals surface area contributed by atoms with Gasteiger partial charge in [-0.05, 0) is 50.8 Å². The van der Waals surface area contributed by atoms with Crippen LogP contribution in [-0.4, -0.2) is 60.8 Å². The number of hydrogen-bond donors (Lipinski definition) is 1. The number of pyridine rings is 1. The van der Waals surface area contributed by atoms with Crippen molar-refractivity contribution in [3.05, 3.63) is 59.8 Å². The van der Waals surface area contributed by atoms with Crippen LogP contribution in [0.25, 0.3) is 0 Å². The van der Waals surface area contributed by atoms with E-state index in [4.69, 9.17) is 9.47 Å². The lowest BCUT2D eigenvalue weighted by Crippen LogP contribution is -2.44. The Morgan fingerprint density at radius 2 is 1.87 bits per heavy atom. The molecule has 2 saturated heterocycles. The molecular formula is C25H33N3O3. The van der Waals surface area contributed by atoms with Crippen LogP contribution in [0.15, 0.2) is 48.7 Å². The number of nitrogens with zero attached hydrogens (tertiary/aromatic N) is 2. The van der Waals surface area contributed by atoms with Gasteiger partial charge in [0.25, 0.3) is 5.91 Å². The second-order valence-electron chi connectivity index (χ2n) is 9.19. The molecule has 1 amide bonds. The van der Waals surface area contributed by atoms with E-state index in [2.05, 4.69) is 54.5 Å². The lowest BCUT2D eigenvalue weighted by Gasteiger charge is -2.45. The van der Waals surface area contributed by atoms with Crippen LogP contribution in [0.1, 0.15) is 49.0 Å². The molecule has 1 aromatic heterocycles. The highest BCUT2D eigenvalue weighted by atomic mass is 16.5. The van der Waals surface area contributed by atoms with Crippen molar-refractivity contribution in [2.24, 2.45) is 0 Å². The smallest absolute Gasteiger partial charge is 0.255 e. The Labute approximate surface area is 185 Å². The SMILES string of the molecule is CC1(C)CC(CCNc2ccc(C(=O)N3CCOCC3)cn2)(c2ccccc2)CCO1. The minimum Gasteiger partial charge on any atom is -0.378 e. The Kier molecular flexibility index (Phi) is 6.58. The average molecular weight is 424 g/mol. The number of rotatable bonds is 6. The lowest BCUT2D eigenvalue weighted by atomic mass is 9.67. The molecule has 0 aliphatic carbocycles. The molecule has 2 aliphatic rings. The third-order valence-corrected chi connectivity index (χ3v) is 6.44. The topological polar surface area (TPSA) is 63.7 Å². The van der Waals surface area contributed by atoms with Gasteiger partial charge in [0, 0.05) is 37.9 Å². The van der Waals surface area contributed by atoms with Gasteiger partial charge >= 0.3 is 0 Å². The van der Waals surface area contributed by atoms with Gasteiger partial charge in [-0.2, -0.15) is 0 Å². The molecule has 1 atom stereocenters. The third-order valence-electron chi connectivity index (χ3n) is 6.44. The van der Waals surface area contributed by atoms with Gasteiger partial charge in [-0.15, -0.1) is 0 Å². The molecule has 3 heterocycles. The fourth-order valence-corrected chi connectivity index (χ4v) is 4.88. The lowest BCUT2D eigenvalue weighted by molar-refractivity contribution is -0.0835. The first-order chi connectivity index (χ1) is 15.0. The van der Waals surface area contributed by atoms with Gasteiger partial charge in [0.15, 0.2) is 0 Å². The molecule has 31 heavy (non-hydrogen) atoms. The maximum Gasteiger partial charge on any atom is 0.255 e. The number of benzene rings is 1. The highest BCUT2D eigenvalue weighted by Gasteiger charge is 2.41. The second kappa shape index (κ2) is 9.37. The maximum atomic E-state index is 12.6. The van der Waals surface area contributed by atoms with E-state index in [1.54, 1.807) is 6.20 Å². The molecule has 2 aliphatic heterocycles. The van der Waals surface area contributed by atoms with Gasteiger partial charge in [-0.25, -0.2) is 4.98 Å². The van der Waals surface area contributed by atoms with Crippen LogP contribution in [0.5, 0.6) is 0 Å². The number of aromatic nitrogens is 1. The normalized spacial score (nSPS) is 23.4. The zero-order valence-electron chi connectivity index (χ0n) is 18.6. The Hall–Kier alpha value is -2.44. The summed E-state index contributed by atoms with van der Waals surface area (Å²) in [4.78, 5) is 18.9. The van der Waals surface area contributed by atoms with Gasteiger partial charge in [-0.1, -0.05) is 30.3 Å². The van der Waals surface area contributed by atoms with Crippen LogP contribution < -0.4 is 5.32 Å². The van der Waals surface area contributed by atoms with E-state index in [0.29, 0.717) is 31.9 Å². The summed E-state index contributed by atoms with van der Waals surface area (Å²) in [6, 6.07) is 14.6. The zero-order valence-corrected chi connectivity index (χ0v) is 18.6. The Balaban J connectivity index is 1.39. The van der Waals surface area contributed by atoms with Crippen molar-refractivity contribution in [3.63, 3.8) is 0 Å². The summed E-state index contributed by atoms with van der Waals surface area (Å²) in [7, 11) is 0. The summed E-state index contributed by atoms with van der Waals surface area (Å²) in [6.07, 6.45) is 4.68. The monoisotopic (exact) mass is 423 g/mol. The van der Waals surface area contributed by atoms with E-state index in [-0.39, 0.29) is 16.9 Å². The highest BCUT2D eigenvalue weighted by molar-refractivity contribution is 5.94. The third kappa shape index (κ3) is 5.25. The van der Waals surface area contributed by atoms with Crippen LogP contribution in [0.2, 0.25) is 0 Å². The van der Waals surface area contributed by atoms with Crippen molar-refractivity contribution >= 4 is 11.7 Å². The van der Waals surface area contributed by atoms with Crippen LogP contribution in [0.3, 0.4) is 0 Å². The molecule has 2 aromatic rings. The van der Waals surface area contributed by atoms with Gasteiger partial charge in [0.2, 0.25) is 0 Å². The van der Waals surface area contributed by atoms with Gasteiger partial charge in [0.05, 0.1) is 24.4 Å². The molecule has 0 saturated carbocycles. The predicted octanol–water partition coefficient (Wildman–Crippen LogP) is 3.88. The number of morpholine rings is 1. The molecule has 0 bridgehead atoms. The number of anilines is 1. The second-order valence-corrected chi connectivity index (χ2v) is 9.19. The predicted molar refractivity (Wildman–Crippen MR) is 121 cm³/mol.